The number of para-hydroxylation sites is 1. The first-order chi connectivity index (χ1) is 9.57. The van der Waals surface area contributed by atoms with Crippen LogP contribution in [0.3, 0.4) is 0 Å². The molecular weight excluding hydrogens is 311 g/mol. The van der Waals surface area contributed by atoms with Crippen LogP contribution in [0.1, 0.15) is 6.92 Å². The van der Waals surface area contributed by atoms with E-state index in [0.717, 1.165) is 6.07 Å². The largest absolute Gasteiger partial charge is 0.480 e. The first-order valence-electron chi connectivity index (χ1n) is 5.92. The first kappa shape index (κ1) is 17.3. The van der Waals surface area contributed by atoms with Gasteiger partial charge >= 0.3 is 12.1 Å². The van der Waals surface area contributed by atoms with E-state index in [1.165, 1.54) is 25.1 Å². The maximum Gasteiger partial charge on any atom is 0.405 e. The van der Waals surface area contributed by atoms with Gasteiger partial charge in [0.1, 0.15) is 13.1 Å². The molecule has 0 bridgehead atoms. The van der Waals surface area contributed by atoms with Gasteiger partial charge in [-0.25, -0.2) is 8.42 Å². The van der Waals surface area contributed by atoms with Gasteiger partial charge in [-0.2, -0.15) is 13.2 Å². The number of carboxylic acid groups (broad SMARTS) is 1. The van der Waals surface area contributed by atoms with Crippen LogP contribution in [0.5, 0.6) is 0 Å². The standard InChI is InChI=1S/C12H14F3NO4S/c1-2-21(19,20)10-6-4-3-5-9(10)16(7-11(17)18)8-12(13,14)15/h3-6H,2,7-8H2,1H3,(H,17,18). The smallest absolute Gasteiger partial charge is 0.405 e. The average molecular weight is 325 g/mol. The number of halogens is 3. The number of alkyl halides is 3. The van der Waals surface area contributed by atoms with Crippen LogP contribution in [0.4, 0.5) is 18.9 Å². The number of anilines is 1. The fraction of sp³-hybridized carbons (Fsp3) is 0.417. The quantitative estimate of drug-likeness (QED) is 0.865. The predicted octanol–water partition coefficient (Wildman–Crippen LogP) is 1.93. The highest BCUT2D eigenvalue weighted by Gasteiger charge is 2.33. The molecule has 0 unspecified atom stereocenters. The van der Waals surface area contributed by atoms with Crippen molar-refractivity contribution in [3.63, 3.8) is 0 Å². The number of hydrogen-bond acceptors (Lipinski definition) is 4. The van der Waals surface area contributed by atoms with Gasteiger partial charge in [0, 0.05) is 0 Å². The number of sulfone groups is 1. The molecule has 1 aromatic rings. The van der Waals surface area contributed by atoms with Crippen molar-refractivity contribution in [2.24, 2.45) is 0 Å². The summed E-state index contributed by atoms with van der Waals surface area (Å²) in [5, 5.41) is 8.73. The van der Waals surface area contributed by atoms with E-state index >= 15 is 0 Å². The topological polar surface area (TPSA) is 74.7 Å². The third-order valence-electron chi connectivity index (χ3n) is 2.62. The van der Waals surface area contributed by atoms with Crippen molar-refractivity contribution < 1.29 is 31.5 Å². The van der Waals surface area contributed by atoms with Gasteiger partial charge in [0.2, 0.25) is 0 Å². The van der Waals surface area contributed by atoms with Gasteiger partial charge in [-0.3, -0.25) is 4.79 Å². The van der Waals surface area contributed by atoms with Crippen molar-refractivity contribution in [2.45, 2.75) is 18.0 Å². The second kappa shape index (κ2) is 6.33. The maximum absolute atomic E-state index is 12.6. The molecule has 0 aliphatic carbocycles. The number of carboxylic acids is 1. The summed E-state index contributed by atoms with van der Waals surface area (Å²) in [7, 11) is -3.77. The van der Waals surface area contributed by atoms with Crippen LogP contribution in [0.2, 0.25) is 0 Å². The van der Waals surface area contributed by atoms with Crippen LogP contribution in [0.25, 0.3) is 0 Å². The lowest BCUT2D eigenvalue weighted by molar-refractivity contribution is -0.136. The lowest BCUT2D eigenvalue weighted by Gasteiger charge is -2.26. The van der Waals surface area contributed by atoms with Gasteiger partial charge in [-0.15, -0.1) is 0 Å². The van der Waals surface area contributed by atoms with Crippen molar-refractivity contribution >= 4 is 21.5 Å². The average Bonchev–Trinajstić information content (AvgIpc) is 2.36. The Morgan fingerprint density at radius 3 is 2.33 bits per heavy atom. The van der Waals surface area contributed by atoms with Gasteiger partial charge in [0.15, 0.2) is 9.84 Å². The fourth-order valence-electron chi connectivity index (χ4n) is 1.74. The lowest BCUT2D eigenvalue weighted by Crippen LogP contribution is -2.38. The normalized spacial score (nSPS) is 12.2. The molecule has 0 fully saturated rings. The van der Waals surface area contributed by atoms with Gasteiger partial charge in [-0.05, 0) is 12.1 Å². The molecule has 21 heavy (non-hydrogen) atoms. The summed E-state index contributed by atoms with van der Waals surface area (Å²) in [6.07, 6.45) is -4.65. The molecule has 0 heterocycles. The van der Waals surface area contributed by atoms with E-state index in [1.54, 1.807) is 0 Å². The molecule has 0 aromatic heterocycles. The molecule has 0 radical (unpaired) electrons. The molecular formula is C12H14F3NO4S. The van der Waals surface area contributed by atoms with Crippen molar-refractivity contribution in [1.29, 1.82) is 0 Å². The summed E-state index contributed by atoms with van der Waals surface area (Å²) in [6.45, 7) is -1.14. The summed E-state index contributed by atoms with van der Waals surface area (Å²) in [5.74, 6) is -1.78. The van der Waals surface area contributed by atoms with Crippen LogP contribution in [-0.4, -0.2) is 44.5 Å². The Morgan fingerprint density at radius 1 is 1.29 bits per heavy atom. The Labute approximate surface area is 119 Å². The third kappa shape index (κ3) is 4.92. The summed E-state index contributed by atoms with van der Waals surface area (Å²) < 4.78 is 61.5. The molecule has 0 amide bonds. The Bertz CT molecular complexity index is 613. The van der Waals surface area contributed by atoms with Gasteiger partial charge in [0.25, 0.3) is 0 Å². The molecule has 1 aromatic carbocycles. The van der Waals surface area contributed by atoms with E-state index in [-0.39, 0.29) is 16.3 Å². The summed E-state index contributed by atoms with van der Waals surface area (Å²) in [4.78, 5) is 10.9. The van der Waals surface area contributed by atoms with E-state index in [4.69, 9.17) is 5.11 Å². The summed E-state index contributed by atoms with van der Waals surface area (Å²) >= 11 is 0. The zero-order chi connectivity index (χ0) is 16.3. The number of nitrogens with zero attached hydrogens (tertiary/aromatic N) is 1. The minimum absolute atomic E-state index is 0.265. The number of benzene rings is 1. The van der Waals surface area contributed by atoms with Crippen molar-refractivity contribution in [2.75, 3.05) is 23.7 Å². The number of carbonyl (C=O) groups is 1. The molecule has 1 rings (SSSR count). The molecule has 0 saturated carbocycles. The molecule has 0 saturated heterocycles. The van der Waals surface area contributed by atoms with Gasteiger partial charge in [0.05, 0.1) is 16.3 Å². The molecule has 0 atom stereocenters. The highest BCUT2D eigenvalue weighted by Crippen LogP contribution is 2.28. The zero-order valence-electron chi connectivity index (χ0n) is 11.1. The zero-order valence-corrected chi connectivity index (χ0v) is 11.9. The number of hydrogen-bond donors (Lipinski definition) is 1. The highest BCUT2D eigenvalue weighted by atomic mass is 32.2. The predicted molar refractivity (Wildman–Crippen MR) is 70.1 cm³/mol. The second-order valence-corrected chi connectivity index (χ2v) is 6.48. The van der Waals surface area contributed by atoms with Crippen LogP contribution < -0.4 is 4.90 Å². The Morgan fingerprint density at radius 2 is 1.86 bits per heavy atom. The summed E-state index contributed by atoms with van der Waals surface area (Å²) in [6, 6.07) is 5.06. The highest BCUT2D eigenvalue weighted by molar-refractivity contribution is 7.91. The SMILES string of the molecule is CCS(=O)(=O)c1ccccc1N(CC(=O)O)CC(F)(F)F. The second-order valence-electron chi connectivity index (χ2n) is 4.24. The van der Waals surface area contributed by atoms with Crippen molar-refractivity contribution in [1.82, 2.24) is 0 Å². The first-order valence-corrected chi connectivity index (χ1v) is 7.57. The van der Waals surface area contributed by atoms with E-state index in [0.29, 0.717) is 4.90 Å². The third-order valence-corrected chi connectivity index (χ3v) is 4.39. The molecule has 118 valence electrons. The van der Waals surface area contributed by atoms with Crippen LogP contribution in [-0.2, 0) is 14.6 Å². The number of rotatable bonds is 6. The Kier molecular flexibility index (Phi) is 5.21. The van der Waals surface area contributed by atoms with Gasteiger partial charge < -0.3 is 10.0 Å². The molecule has 0 aliphatic rings. The van der Waals surface area contributed by atoms with E-state index in [2.05, 4.69) is 0 Å². The van der Waals surface area contributed by atoms with Crippen molar-refractivity contribution in [3.8, 4) is 0 Å². The van der Waals surface area contributed by atoms with Crippen LogP contribution in [0.15, 0.2) is 29.2 Å². The molecule has 0 spiro atoms. The van der Waals surface area contributed by atoms with Gasteiger partial charge in [-0.1, -0.05) is 19.1 Å². The number of aliphatic carboxylic acids is 1. The van der Waals surface area contributed by atoms with E-state index in [9.17, 15) is 26.4 Å². The van der Waals surface area contributed by atoms with Crippen LogP contribution >= 0.6 is 0 Å². The molecule has 5 nitrogen and oxygen atoms in total. The molecule has 0 aliphatic heterocycles. The fourth-order valence-corrected chi connectivity index (χ4v) is 2.86. The summed E-state index contributed by atoms with van der Waals surface area (Å²) in [5.41, 5.74) is -0.265. The van der Waals surface area contributed by atoms with E-state index in [1.807, 2.05) is 0 Å². The van der Waals surface area contributed by atoms with E-state index < -0.39 is 35.1 Å². The monoisotopic (exact) mass is 325 g/mol. The Hall–Kier alpha value is -1.77. The molecule has 9 heteroatoms. The lowest BCUT2D eigenvalue weighted by atomic mass is 10.2. The Balaban J connectivity index is 3.34. The van der Waals surface area contributed by atoms with Crippen LogP contribution in [0, 0.1) is 0 Å². The maximum atomic E-state index is 12.6. The minimum Gasteiger partial charge on any atom is -0.480 e. The molecule has 1 N–H and O–H groups in total. The minimum atomic E-state index is -4.65. The van der Waals surface area contributed by atoms with Crippen molar-refractivity contribution in [3.05, 3.63) is 24.3 Å².